The number of anilines is 1. The van der Waals surface area contributed by atoms with Crippen LogP contribution in [0.1, 0.15) is 52.8 Å². The minimum atomic E-state index is -0.0704. The molecule has 0 aliphatic heterocycles. The second-order valence-electron chi connectivity index (χ2n) is 6.94. The summed E-state index contributed by atoms with van der Waals surface area (Å²) < 4.78 is 1.87. The molecule has 6 heteroatoms. The van der Waals surface area contributed by atoms with Crippen molar-refractivity contribution in [3.8, 4) is 0 Å². The highest BCUT2D eigenvalue weighted by Gasteiger charge is 2.28. The van der Waals surface area contributed by atoms with E-state index in [1.807, 2.05) is 16.6 Å². The highest BCUT2D eigenvalue weighted by molar-refractivity contribution is 7.99. The second kappa shape index (κ2) is 6.07. The Kier molecular flexibility index (Phi) is 4.30. The topological polar surface area (TPSA) is 55.1 Å². The van der Waals surface area contributed by atoms with E-state index in [1.165, 1.54) is 25.0 Å². The molecule has 22 heavy (non-hydrogen) atoms. The lowest BCUT2D eigenvalue weighted by Gasteiger charge is -2.21. The number of hydrogen-bond acceptors (Lipinski definition) is 5. The van der Waals surface area contributed by atoms with Crippen molar-refractivity contribution in [1.29, 1.82) is 0 Å². The van der Waals surface area contributed by atoms with Gasteiger partial charge in [0.25, 0.3) is 0 Å². The fourth-order valence-corrected chi connectivity index (χ4v) is 4.23. The standard InChI is InChI=1S/C16H25N5S/c1-5-22-12-8-6-7-11(12)17-13-9-10-14-18-19-15(16(2,3)4)21(14)20-13/h9-12H,5-8H2,1-4H3,(H,17,20). The fraction of sp³-hybridized carbons (Fsp3) is 0.688. The molecule has 3 rings (SSSR count). The van der Waals surface area contributed by atoms with Gasteiger partial charge in [0.2, 0.25) is 0 Å². The molecule has 0 saturated heterocycles. The lowest BCUT2D eigenvalue weighted by atomic mass is 9.96. The van der Waals surface area contributed by atoms with Crippen LogP contribution in [0.15, 0.2) is 12.1 Å². The number of hydrogen-bond donors (Lipinski definition) is 1. The summed E-state index contributed by atoms with van der Waals surface area (Å²) in [6.45, 7) is 8.64. The first kappa shape index (κ1) is 15.6. The molecule has 0 radical (unpaired) electrons. The van der Waals surface area contributed by atoms with Gasteiger partial charge in [-0.05, 0) is 30.7 Å². The third-order valence-electron chi connectivity index (χ3n) is 4.10. The van der Waals surface area contributed by atoms with Crippen LogP contribution in [-0.2, 0) is 5.41 Å². The Labute approximate surface area is 136 Å². The molecule has 2 heterocycles. The molecule has 120 valence electrons. The Bertz CT molecular complexity index is 646. The second-order valence-corrected chi connectivity index (χ2v) is 8.45. The zero-order valence-corrected chi connectivity index (χ0v) is 14.7. The lowest BCUT2D eigenvalue weighted by Crippen LogP contribution is -2.27. The molecule has 1 aliphatic rings. The minimum absolute atomic E-state index is 0.0704. The van der Waals surface area contributed by atoms with Crippen LogP contribution in [0.4, 0.5) is 5.82 Å². The Morgan fingerprint density at radius 3 is 2.82 bits per heavy atom. The molecule has 5 nitrogen and oxygen atoms in total. The molecule has 1 N–H and O–H groups in total. The third kappa shape index (κ3) is 3.07. The van der Waals surface area contributed by atoms with Crippen LogP contribution >= 0.6 is 11.8 Å². The molecule has 2 aromatic heterocycles. The summed E-state index contributed by atoms with van der Waals surface area (Å²) in [5.41, 5.74) is 0.736. The average Bonchev–Trinajstić information content (AvgIpc) is 3.05. The zero-order valence-electron chi connectivity index (χ0n) is 13.8. The molecular formula is C16H25N5S. The van der Waals surface area contributed by atoms with Crippen LogP contribution in [0.3, 0.4) is 0 Å². The summed E-state index contributed by atoms with van der Waals surface area (Å²) in [4.78, 5) is 0. The highest BCUT2D eigenvalue weighted by Crippen LogP contribution is 2.31. The Balaban J connectivity index is 1.85. The Morgan fingerprint density at radius 1 is 1.27 bits per heavy atom. The molecule has 1 saturated carbocycles. The SMILES string of the molecule is CCSC1CCCC1Nc1ccc2nnc(C(C)(C)C)n2n1. The predicted octanol–water partition coefficient (Wildman–Crippen LogP) is 3.51. The highest BCUT2D eigenvalue weighted by atomic mass is 32.2. The van der Waals surface area contributed by atoms with Gasteiger partial charge in [-0.3, -0.25) is 0 Å². The summed E-state index contributed by atoms with van der Waals surface area (Å²) >= 11 is 2.06. The fourth-order valence-electron chi connectivity index (χ4n) is 3.03. The molecule has 2 aromatic rings. The first-order chi connectivity index (χ1) is 10.5. The predicted molar refractivity (Wildman–Crippen MR) is 92.7 cm³/mol. The molecule has 0 aromatic carbocycles. The monoisotopic (exact) mass is 319 g/mol. The van der Waals surface area contributed by atoms with Gasteiger partial charge in [-0.15, -0.1) is 15.3 Å². The van der Waals surface area contributed by atoms with E-state index in [0.29, 0.717) is 11.3 Å². The van der Waals surface area contributed by atoms with E-state index in [1.54, 1.807) is 0 Å². The van der Waals surface area contributed by atoms with E-state index < -0.39 is 0 Å². The van der Waals surface area contributed by atoms with Gasteiger partial charge in [0.15, 0.2) is 11.5 Å². The van der Waals surface area contributed by atoms with Crippen LogP contribution < -0.4 is 5.32 Å². The summed E-state index contributed by atoms with van der Waals surface area (Å²) in [7, 11) is 0. The maximum Gasteiger partial charge on any atom is 0.178 e. The number of nitrogens with zero attached hydrogens (tertiary/aromatic N) is 4. The van der Waals surface area contributed by atoms with E-state index in [2.05, 4.69) is 55.0 Å². The number of rotatable bonds is 4. The molecule has 0 amide bonds. The smallest absolute Gasteiger partial charge is 0.178 e. The first-order valence-corrected chi connectivity index (χ1v) is 9.15. The van der Waals surface area contributed by atoms with Gasteiger partial charge in [-0.25, -0.2) is 0 Å². The van der Waals surface area contributed by atoms with Crippen LogP contribution in [0, 0.1) is 0 Å². The van der Waals surface area contributed by atoms with Crippen LogP contribution in [-0.4, -0.2) is 36.9 Å². The van der Waals surface area contributed by atoms with Crippen LogP contribution in [0.2, 0.25) is 0 Å². The minimum Gasteiger partial charge on any atom is -0.365 e. The summed E-state index contributed by atoms with van der Waals surface area (Å²) in [6.07, 6.45) is 3.83. The number of fused-ring (bicyclic) bond motifs is 1. The van der Waals surface area contributed by atoms with Crippen LogP contribution in [0.25, 0.3) is 5.65 Å². The van der Waals surface area contributed by atoms with Crippen molar-refractivity contribution in [3.05, 3.63) is 18.0 Å². The molecule has 1 fully saturated rings. The van der Waals surface area contributed by atoms with Gasteiger partial charge in [0, 0.05) is 16.7 Å². The summed E-state index contributed by atoms with van der Waals surface area (Å²) in [5.74, 6) is 3.00. The van der Waals surface area contributed by atoms with E-state index in [4.69, 9.17) is 5.10 Å². The van der Waals surface area contributed by atoms with Crippen molar-refractivity contribution in [3.63, 3.8) is 0 Å². The molecular weight excluding hydrogens is 294 g/mol. The largest absolute Gasteiger partial charge is 0.365 e. The average molecular weight is 319 g/mol. The van der Waals surface area contributed by atoms with Crippen molar-refractivity contribution in [2.24, 2.45) is 0 Å². The van der Waals surface area contributed by atoms with Gasteiger partial charge in [0.05, 0.1) is 0 Å². The van der Waals surface area contributed by atoms with Crippen molar-refractivity contribution < 1.29 is 0 Å². The van der Waals surface area contributed by atoms with E-state index in [9.17, 15) is 0 Å². The lowest BCUT2D eigenvalue weighted by molar-refractivity contribution is 0.527. The van der Waals surface area contributed by atoms with E-state index >= 15 is 0 Å². The maximum absolute atomic E-state index is 4.73. The van der Waals surface area contributed by atoms with Gasteiger partial charge in [-0.1, -0.05) is 34.1 Å². The summed E-state index contributed by atoms with van der Waals surface area (Å²) in [6, 6.07) is 4.53. The van der Waals surface area contributed by atoms with Gasteiger partial charge < -0.3 is 5.32 Å². The van der Waals surface area contributed by atoms with Crippen molar-refractivity contribution in [2.45, 2.75) is 63.7 Å². The number of aromatic nitrogens is 4. The number of nitrogens with one attached hydrogen (secondary N) is 1. The van der Waals surface area contributed by atoms with E-state index in [0.717, 1.165) is 17.3 Å². The van der Waals surface area contributed by atoms with Crippen LogP contribution in [0.5, 0.6) is 0 Å². The first-order valence-electron chi connectivity index (χ1n) is 8.10. The zero-order chi connectivity index (χ0) is 15.7. The molecule has 0 bridgehead atoms. The van der Waals surface area contributed by atoms with Gasteiger partial charge in [0.1, 0.15) is 5.82 Å². The van der Waals surface area contributed by atoms with Crippen molar-refractivity contribution in [1.82, 2.24) is 19.8 Å². The third-order valence-corrected chi connectivity index (χ3v) is 5.43. The molecule has 2 atom stereocenters. The Morgan fingerprint density at radius 2 is 2.09 bits per heavy atom. The summed E-state index contributed by atoms with van der Waals surface area (Å²) in [5, 5.41) is 17.6. The van der Waals surface area contributed by atoms with Gasteiger partial charge in [-0.2, -0.15) is 16.3 Å². The molecule has 2 unspecified atom stereocenters. The van der Waals surface area contributed by atoms with E-state index in [-0.39, 0.29) is 5.41 Å². The number of thioether (sulfide) groups is 1. The quantitative estimate of drug-likeness (QED) is 0.934. The molecule has 1 aliphatic carbocycles. The normalized spacial score (nSPS) is 22.4. The van der Waals surface area contributed by atoms with Crippen molar-refractivity contribution >= 4 is 23.2 Å². The maximum atomic E-state index is 4.73. The molecule has 0 spiro atoms. The Hall–Kier alpha value is -1.30. The van der Waals surface area contributed by atoms with Crippen molar-refractivity contribution in [2.75, 3.05) is 11.1 Å². The van der Waals surface area contributed by atoms with Gasteiger partial charge >= 0.3 is 0 Å².